The molecule has 1 aliphatic rings. The Balaban J connectivity index is 1.44. The Bertz CT molecular complexity index is 1210. The van der Waals surface area contributed by atoms with Crippen molar-refractivity contribution in [1.82, 2.24) is 9.97 Å². The van der Waals surface area contributed by atoms with Crippen LogP contribution >= 0.6 is 0 Å². The summed E-state index contributed by atoms with van der Waals surface area (Å²) in [5.41, 5.74) is 4.61. The van der Waals surface area contributed by atoms with E-state index in [1.54, 1.807) is 24.4 Å². The normalized spacial score (nSPS) is 13.4. The third kappa shape index (κ3) is 4.83. The minimum absolute atomic E-state index is 0.0429. The summed E-state index contributed by atoms with van der Waals surface area (Å²) < 4.78 is 23.5. The Morgan fingerprint density at radius 1 is 1.07 bits per heavy atom. The van der Waals surface area contributed by atoms with Gasteiger partial charge in [-0.25, -0.2) is 18.4 Å². The van der Waals surface area contributed by atoms with Crippen LogP contribution in [0, 0.1) is 0 Å². The number of hydrogen-bond donors (Lipinski definition) is 2. The van der Waals surface area contributed by atoms with Gasteiger partial charge in [-0.3, -0.25) is 4.79 Å². The van der Waals surface area contributed by atoms with Crippen molar-refractivity contribution in [2.75, 3.05) is 16.9 Å². The first-order valence-corrected chi connectivity index (χ1v) is 11.6. The molecule has 154 valence electrons. The summed E-state index contributed by atoms with van der Waals surface area (Å²) in [4.78, 5) is 20.7. The molecule has 0 fully saturated rings. The summed E-state index contributed by atoms with van der Waals surface area (Å²) in [5, 5.41) is 6.09. The molecule has 30 heavy (non-hydrogen) atoms. The number of nitrogens with one attached hydrogen (secondary N) is 2. The first kappa shape index (κ1) is 20.0. The van der Waals surface area contributed by atoms with Gasteiger partial charge >= 0.3 is 0 Å². The van der Waals surface area contributed by atoms with Gasteiger partial charge in [0.25, 0.3) is 0 Å². The maximum atomic E-state index is 11.7. The fourth-order valence-electron chi connectivity index (χ4n) is 3.39. The van der Waals surface area contributed by atoms with Crippen LogP contribution < -0.4 is 10.6 Å². The van der Waals surface area contributed by atoms with E-state index in [0.29, 0.717) is 36.5 Å². The predicted molar refractivity (Wildman–Crippen MR) is 116 cm³/mol. The van der Waals surface area contributed by atoms with Gasteiger partial charge in [0.05, 0.1) is 4.90 Å². The van der Waals surface area contributed by atoms with E-state index < -0.39 is 9.84 Å². The van der Waals surface area contributed by atoms with E-state index in [0.717, 1.165) is 28.2 Å². The molecule has 3 aromatic rings. The second kappa shape index (κ2) is 8.23. The van der Waals surface area contributed by atoms with Gasteiger partial charge in [0, 0.05) is 35.9 Å². The second-order valence-corrected chi connectivity index (χ2v) is 9.35. The van der Waals surface area contributed by atoms with E-state index in [1.807, 2.05) is 30.3 Å². The lowest BCUT2D eigenvalue weighted by molar-refractivity contribution is -0.116. The Labute approximate surface area is 175 Å². The Kier molecular flexibility index (Phi) is 5.50. The maximum absolute atomic E-state index is 11.7. The molecule has 1 amide bonds. The number of hydrogen-bond acceptors (Lipinski definition) is 6. The molecule has 8 heteroatoms. The number of nitrogens with zero attached hydrogens (tertiary/aromatic N) is 2. The number of aromatic nitrogens is 2. The van der Waals surface area contributed by atoms with Gasteiger partial charge in [-0.1, -0.05) is 12.1 Å². The first-order chi connectivity index (χ1) is 14.4. The molecule has 0 spiro atoms. The summed E-state index contributed by atoms with van der Waals surface area (Å²) in [6, 6.07) is 14.6. The van der Waals surface area contributed by atoms with Gasteiger partial charge in [0.2, 0.25) is 11.9 Å². The highest BCUT2D eigenvalue weighted by Crippen LogP contribution is 2.26. The summed E-state index contributed by atoms with van der Waals surface area (Å²) >= 11 is 0. The topological polar surface area (TPSA) is 101 Å². The molecule has 0 atom stereocenters. The van der Waals surface area contributed by atoms with Crippen molar-refractivity contribution in [3.63, 3.8) is 0 Å². The number of carbonyl (C=O) groups is 1. The summed E-state index contributed by atoms with van der Waals surface area (Å²) in [5.74, 6) is 0.540. The highest BCUT2D eigenvalue weighted by atomic mass is 32.2. The highest BCUT2D eigenvalue weighted by molar-refractivity contribution is 7.90. The van der Waals surface area contributed by atoms with E-state index in [2.05, 4.69) is 20.6 Å². The smallest absolute Gasteiger partial charge is 0.227 e. The fraction of sp³-hybridized carbons (Fsp3) is 0.227. The Morgan fingerprint density at radius 3 is 2.77 bits per heavy atom. The minimum Gasteiger partial charge on any atom is -0.326 e. The highest BCUT2D eigenvalue weighted by Gasteiger charge is 2.15. The average Bonchev–Trinajstić information content (AvgIpc) is 2.72. The van der Waals surface area contributed by atoms with Crippen LogP contribution in [0.5, 0.6) is 0 Å². The van der Waals surface area contributed by atoms with Gasteiger partial charge < -0.3 is 10.6 Å². The van der Waals surface area contributed by atoms with Crippen molar-refractivity contribution in [2.24, 2.45) is 0 Å². The van der Waals surface area contributed by atoms with Crippen LogP contribution in [-0.4, -0.2) is 30.5 Å². The minimum atomic E-state index is -3.22. The number of amides is 1. The van der Waals surface area contributed by atoms with Crippen molar-refractivity contribution >= 4 is 33.1 Å². The van der Waals surface area contributed by atoms with Gasteiger partial charge in [-0.15, -0.1) is 0 Å². The standard InChI is InChI=1S/C22H22N4O3S/c1-30(28,29)19-4-2-3-15(13-19)5-7-17-11-12-23-22(24-17)25-18-8-9-20-16(14-18)6-10-21(27)26-20/h2-4,8-9,11-14H,5-7,10H2,1H3,(H,26,27)(H,23,24,25). The van der Waals surface area contributed by atoms with E-state index in [9.17, 15) is 13.2 Å². The molecule has 0 bridgehead atoms. The van der Waals surface area contributed by atoms with E-state index >= 15 is 0 Å². The fourth-order valence-corrected chi connectivity index (χ4v) is 4.08. The molecule has 0 saturated carbocycles. The molecule has 4 rings (SSSR count). The molecule has 1 aliphatic heterocycles. The lowest BCUT2D eigenvalue weighted by Crippen LogP contribution is -2.18. The molecule has 1 aromatic heterocycles. The van der Waals surface area contributed by atoms with E-state index in [-0.39, 0.29) is 5.91 Å². The number of anilines is 3. The lowest BCUT2D eigenvalue weighted by atomic mass is 10.0. The maximum Gasteiger partial charge on any atom is 0.227 e. The molecule has 7 nitrogen and oxygen atoms in total. The van der Waals surface area contributed by atoms with Gasteiger partial charge in [0.15, 0.2) is 9.84 Å². The SMILES string of the molecule is CS(=O)(=O)c1cccc(CCc2ccnc(Nc3ccc4c(c3)CCC(=O)N4)n2)c1. The van der Waals surface area contributed by atoms with Crippen LogP contribution in [0.15, 0.2) is 59.6 Å². The Morgan fingerprint density at radius 2 is 1.93 bits per heavy atom. The number of carbonyl (C=O) groups excluding carboxylic acids is 1. The second-order valence-electron chi connectivity index (χ2n) is 7.34. The summed E-state index contributed by atoms with van der Waals surface area (Å²) in [7, 11) is -3.22. The van der Waals surface area contributed by atoms with Gasteiger partial charge in [-0.05, 0) is 66.8 Å². The van der Waals surface area contributed by atoms with Crippen molar-refractivity contribution in [3.05, 3.63) is 71.5 Å². The number of rotatable bonds is 6. The van der Waals surface area contributed by atoms with Crippen LogP contribution in [-0.2, 0) is 33.9 Å². The Hall–Kier alpha value is -3.26. The molecule has 2 aromatic carbocycles. The van der Waals surface area contributed by atoms with E-state index in [1.165, 1.54) is 6.26 Å². The largest absolute Gasteiger partial charge is 0.326 e. The quantitative estimate of drug-likeness (QED) is 0.632. The molecular formula is C22H22N4O3S. The molecular weight excluding hydrogens is 400 g/mol. The van der Waals surface area contributed by atoms with E-state index in [4.69, 9.17) is 0 Å². The predicted octanol–water partition coefficient (Wildman–Crippen LogP) is 3.29. The molecule has 0 aliphatic carbocycles. The number of sulfone groups is 1. The van der Waals surface area contributed by atoms with Crippen LogP contribution in [0.25, 0.3) is 0 Å². The van der Waals surface area contributed by atoms with Crippen LogP contribution in [0.2, 0.25) is 0 Å². The summed E-state index contributed by atoms with van der Waals surface area (Å²) in [6.07, 6.45) is 5.46. The van der Waals surface area contributed by atoms with Crippen LogP contribution in [0.3, 0.4) is 0 Å². The van der Waals surface area contributed by atoms with Gasteiger partial charge in [0.1, 0.15) is 0 Å². The number of benzene rings is 2. The zero-order valence-corrected chi connectivity index (χ0v) is 17.4. The molecule has 0 unspecified atom stereocenters. The van der Waals surface area contributed by atoms with Crippen molar-refractivity contribution in [1.29, 1.82) is 0 Å². The number of aryl methyl sites for hydroxylation is 3. The van der Waals surface area contributed by atoms with Crippen LogP contribution in [0.1, 0.15) is 23.2 Å². The molecule has 0 saturated heterocycles. The lowest BCUT2D eigenvalue weighted by Gasteiger charge is -2.17. The summed E-state index contributed by atoms with van der Waals surface area (Å²) in [6.45, 7) is 0. The number of fused-ring (bicyclic) bond motifs is 1. The van der Waals surface area contributed by atoms with Gasteiger partial charge in [-0.2, -0.15) is 0 Å². The third-order valence-electron chi connectivity index (χ3n) is 4.97. The third-order valence-corrected chi connectivity index (χ3v) is 6.08. The zero-order chi connectivity index (χ0) is 21.1. The van der Waals surface area contributed by atoms with Crippen molar-refractivity contribution in [3.8, 4) is 0 Å². The monoisotopic (exact) mass is 422 g/mol. The molecule has 2 heterocycles. The average molecular weight is 423 g/mol. The first-order valence-electron chi connectivity index (χ1n) is 9.67. The zero-order valence-electron chi connectivity index (χ0n) is 16.6. The van der Waals surface area contributed by atoms with Crippen LogP contribution in [0.4, 0.5) is 17.3 Å². The molecule has 2 N–H and O–H groups in total. The van der Waals surface area contributed by atoms with Crippen molar-refractivity contribution < 1.29 is 13.2 Å². The molecule has 0 radical (unpaired) electrons. The van der Waals surface area contributed by atoms with Crippen molar-refractivity contribution in [2.45, 2.75) is 30.6 Å².